The maximum absolute atomic E-state index is 13.5. The summed E-state index contributed by atoms with van der Waals surface area (Å²) in [5, 5.41) is 2.58. The van der Waals surface area contributed by atoms with Crippen molar-refractivity contribution < 1.29 is 17.6 Å². The molecule has 0 aliphatic carbocycles. The quantitative estimate of drug-likeness (QED) is 0.695. The summed E-state index contributed by atoms with van der Waals surface area (Å²) >= 11 is 0. The van der Waals surface area contributed by atoms with Gasteiger partial charge in [-0.2, -0.15) is 0 Å². The second-order valence-corrected chi connectivity index (χ2v) is 6.83. The van der Waals surface area contributed by atoms with Crippen LogP contribution in [0.3, 0.4) is 0 Å². The van der Waals surface area contributed by atoms with Crippen LogP contribution in [0.15, 0.2) is 36.9 Å². The lowest BCUT2D eigenvalue weighted by Crippen LogP contribution is -2.36. The van der Waals surface area contributed by atoms with Crippen LogP contribution in [-0.4, -0.2) is 44.5 Å². The van der Waals surface area contributed by atoms with Crippen molar-refractivity contribution in [3.63, 3.8) is 0 Å². The molecule has 0 aliphatic rings. The SMILES string of the molecule is C=CCNC(=O)CCN(CCc1ccccc1F)S(C)(=O)=O. The van der Waals surface area contributed by atoms with Crippen LogP contribution in [0.5, 0.6) is 0 Å². The maximum atomic E-state index is 13.5. The highest BCUT2D eigenvalue weighted by Gasteiger charge is 2.18. The largest absolute Gasteiger partial charge is 0.353 e. The predicted octanol–water partition coefficient (Wildman–Crippen LogP) is 1.32. The van der Waals surface area contributed by atoms with E-state index in [1.165, 1.54) is 10.4 Å². The first-order valence-electron chi connectivity index (χ1n) is 6.90. The summed E-state index contributed by atoms with van der Waals surface area (Å²) in [4.78, 5) is 11.5. The Labute approximate surface area is 130 Å². The number of benzene rings is 1. The van der Waals surface area contributed by atoms with Gasteiger partial charge in [-0.1, -0.05) is 24.3 Å². The van der Waals surface area contributed by atoms with E-state index in [0.717, 1.165) is 6.26 Å². The van der Waals surface area contributed by atoms with Gasteiger partial charge in [0.2, 0.25) is 15.9 Å². The van der Waals surface area contributed by atoms with Crippen molar-refractivity contribution in [2.45, 2.75) is 12.8 Å². The number of amides is 1. The topological polar surface area (TPSA) is 66.5 Å². The third-order valence-corrected chi connectivity index (χ3v) is 4.39. The number of carbonyl (C=O) groups is 1. The summed E-state index contributed by atoms with van der Waals surface area (Å²) in [5.74, 6) is -0.612. The molecule has 0 saturated heterocycles. The lowest BCUT2D eigenvalue weighted by molar-refractivity contribution is -0.120. The molecule has 5 nitrogen and oxygen atoms in total. The Morgan fingerprint density at radius 1 is 1.36 bits per heavy atom. The molecule has 1 aromatic carbocycles. The fraction of sp³-hybridized carbons (Fsp3) is 0.400. The van der Waals surface area contributed by atoms with Crippen molar-refractivity contribution >= 4 is 15.9 Å². The molecule has 0 fully saturated rings. The van der Waals surface area contributed by atoms with E-state index in [9.17, 15) is 17.6 Å². The van der Waals surface area contributed by atoms with Crippen molar-refractivity contribution in [1.82, 2.24) is 9.62 Å². The molecule has 0 bridgehead atoms. The van der Waals surface area contributed by atoms with Gasteiger partial charge in [-0.25, -0.2) is 17.1 Å². The van der Waals surface area contributed by atoms with Crippen LogP contribution in [0.2, 0.25) is 0 Å². The fourth-order valence-corrected chi connectivity index (χ4v) is 2.74. The van der Waals surface area contributed by atoms with Gasteiger partial charge in [0.1, 0.15) is 5.82 Å². The van der Waals surface area contributed by atoms with Gasteiger partial charge in [0.25, 0.3) is 0 Å². The molecule has 0 spiro atoms. The molecular weight excluding hydrogens is 307 g/mol. The number of hydrogen-bond acceptors (Lipinski definition) is 3. The van der Waals surface area contributed by atoms with Crippen LogP contribution in [-0.2, 0) is 21.2 Å². The van der Waals surface area contributed by atoms with E-state index >= 15 is 0 Å². The second-order valence-electron chi connectivity index (χ2n) is 4.85. The number of carbonyl (C=O) groups excluding carboxylic acids is 1. The highest BCUT2D eigenvalue weighted by Crippen LogP contribution is 2.09. The third kappa shape index (κ3) is 6.36. The van der Waals surface area contributed by atoms with E-state index in [-0.39, 0.29) is 37.7 Å². The first kappa shape index (κ1) is 18.3. The number of hydrogen-bond donors (Lipinski definition) is 1. The van der Waals surface area contributed by atoms with E-state index in [1.807, 2.05) is 0 Å². The molecule has 7 heteroatoms. The average molecular weight is 328 g/mol. The zero-order valence-electron chi connectivity index (χ0n) is 12.6. The summed E-state index contributed by atoms with van der Waals surface area (Å²) in [6.07, 6.45) is 2.94. The Morgan fingerprint density at radius 3 is 2.64 bits per heavy atom. The molecule has 0 saturated carbocycles. The molecule has 0 unspecified atom stereocenters. The smallest absolute Gasteiger partial charge is 0.221 e. The molecule has 0 aliphatic heterocycles. The normalized spacial score (nSPS) is 11.4. The van der Waals surface area contributed by atoms with Crippen molar-refractivity contribution in [1.29, 1.82) is 0 Å². The summed E-state index contributed by atoms with van der Waals surface area (Å²) in [5.41, 5.74) is 0.451. The van der Waals surface area contributed by atoms with Crippen molar-refractivity contribution in [3.8, 4) is 0 Å². The van der Waals surface area contributed by atoms with Gasteiger partial charge in [-0.05, 0) is 18.1 Å². The molecule has 1 rings (SSSR count). The van der Waals surface area contributed by atoms with E-state index in [2.05, 4.69) is 11.9 Å². The number of nitrogens with zero attached hydrogens (tertiary/aromatic N) is 1. The Bertz CT molecular complexity index is 617. The van der Waals surface area contributed by atoms with Crippen molar-refractivity contribution in [2.75, 3.05) is 25.9 Å². The van der Waals surface area contributed by atoms with E-state index in [1.54, 1.807) is 24.3 Å². The van der Waals surface area contributed by atoms with Crippen LogP contribution in [0.1, 0.15) is 12.0 Å². The first-order chi connectivity index (χ1) is 10.3. The monoisotopic (exact) mass is 328 g/mol. The standard InChI is InChI=1S/C15H21FN2O3S/c1-3-10-17-15(19)9-12-18(22(2,20)21)11-8-13-6-4-5-7-14(13)16/h3-7H,1,8-12H2,2H3,(H,17,19). The van der Waals surface area contributed by atoms with Crippen molar-refractivity contribution in [2.24, 2.45) is 0 Å². The average Bonchev–Trinajstić information content (AvgIpc) is 2.45. The van der Waals surface area contributed by atoms with Gasteiger partial charge in [0.15, 0.2) is 0 Å². The third-order valence-electron chi connectivity index (χ3n) is 3.09. The number of rotatable bonds is 9. The first-order valence-corrected chi connectivity index (χ1v) is 8.75. The number of nitrogens with one attached hydrogen (secondary N) is 1. The molecule has 22 heavy (non-hydrogen) atoms. The Kier molecular flexibility index (Phi) is 7.20. The van der Waals surface area contributed by atoms with E-state index < -0.39 is 10.0 Å². The number of halogens is 1. The lowest BCUT2D eigenvalue weighted by atomic mass is 10.1. The van der Waals surface area contributed by atoms with E-state index in [0.29, 0.717) is 12.1 Å². The minimum Gasteiger partial charge on any atom is -0.353 e. The van der Waals surface area contributed by atoms with Crippen LogP contribution >= 0.6 is 0 Å². The number of sulfonamides is 1. The highest BCUT2D eigenvalue weighted by atomic mass is 32.2. The van der Waals surface area contributed by atoms with E-state index in [4.69, 9.17) is 0 Å². The highest BCUT2D eigenvalue weighted by molar-refractivity contribution is 7.88. The van der Waals surface area contributed by atoms with Gasteiger partial charge < -0.3 is 5.32 Å². The van der Waals surface area contributed by atoms with Gasteiger partial charge in [-0.15, -0.1) is 6.58 Å². The molecule has 0 heterocycles. The summed E-state index contributed by atoms with van der Waals surface area (Å²) in [6.45, 7) is 4.02. The molecule has 1 amide bonds. The molecule has 0 aromatic heterocycles. The molecule has 0 radical (unpaired) electrons. The van der Waals surface area contributed by atoms with Crippen molar-refractivity contribution in [3.05, 3.63) is 48.3 Å². The van der Waals surface area contributed by atoms with Crippen LogP contribution in [0.25, 0.3) is 0 Å². The van der Waals surface area contributed by atoms with Gasteiger partial charge in [0.05, 0.1) is 6.26 Å². The predicted molar refractivity (Wildman–Crippen MR) is 84.3 cm³/mol. The summed E-state index contributed by atoms with van der Waals surface area (Å²) in [7, 11) is -3.45. The Hall–Kier alpha value is -1.73. The van der Waals surface area contributed by atoms with Gasteiger partial charge in [0, 0.05) is 26.1 Å². The minimum absolute atomic E-state index is 0.0538. The van der Waals surface area contributed by atoms with Gasteiger partial charge in [-0.3, -0.25) is 4.79 Å². The molecule has 122 valence electrons. The molecule has 0 atom stereocenters. The maximum Gasteiger partial charge on any atom is 0.221 e. The second kappa shape index (κ2) is 8.65. The minimum atomic E-state index is -3.45. The van der Waals surface area contributed by atoms with Crippen LogP contribution in [0, 0.1) is 5.82 Å². The fourth-order valence-electron chi connectivity index (χ4n) is 1.89. The lowest BCUT2D eigenvalue weighted by Gasteiger charge is -2.19. The molecule has 1 N–H and O–H groups in total. The summed E-state index contributed by atoms with van der Waals surface area (Å²) in [6, 6.07) is 6.23. The van der Waals surface area contributed by atoms with Gasteiger partial charge >= 0.3 is 0 Å². The zero-order chi connectivity index (χ0) is 16.6. The summed E-state index contributed by atoms with van der Waals surface area (Å²) < 4.78 is 38.2. The van der Waals surface area contributed by atoms with Crippen LogP contribution < -0.4 is 5.32 Å². The van der Waals surface area contributed by atoms with Crippen LogP contribution in [0.4, 0.5) is 4.39 Å². The Morgan fingerprint density at radius 2 is 2.05 bits per heavy atom. The Balaban J connectivity index is 2.61. The molecular formula is C15H21FN2O3S. The molecule has 1 aromatic rings. The zero-order valence-corrected chi connectivity index (χ0v) is 13.4.